The first-order valence-corrected chi connectivity index (χ1v) is 8.49. The Bertz CT molecular complexity index is 849. The van der Waals surface area contributed by atoms with Crippen molar-refractivity contribution in [1.29, 1.82) is 0 Å². The predicted octanol–water partition coefficient (Wildman–Crippen LogP) is 4.63. The summed E-state index contributed by atoms with van der Waals surface area (Å²) < 4.78 is 0. The minimum Gasteiger partial charge on any atom is -0.393 e. The highest BCUT2D eigenvalue weighted by Crippen LogP contribution is 2.28. The van der Waals surface area contributed by atoms with Gasteiger partial charge in [-0.1, -0.05) is 48.9 Å². The van der Waals surface area contributed by atoms with Gasteiger partial charge in [0.05, 0.1) is 0 Å². The molecule has 0 bridgehead atoms. The van der Waals surface area contributed by atoms with Crippen LogP contribution in [0.25, 0.3) is 0 Å². The van der Waals surface area contributed by atoms with Crippen LogP contribution in [0.1, 0.15) is 18.1 Å². The number of halogens is 1. The van der Waals surface area contributed by atoms with Gasteiger partial charge in [-0.05, 0) is 35.7 Å². The predicted molar refractivity (Wildman–Crippen MR) is 104 cm³/mol. The van der Waals surface area contributed by atoms with Gasteiger partial charge in [-0.25, -0.2) is 9.97 Å². The van der Waals surface area contributed by atoms with Gasteiger partial charge >= 0.3 is 0 Å². The van der Waals surface area contributed by atoms with Crippen molar-refractivity contribution < 1.29 is 0 Å². The van der Waals surface area contributed by atoms with Gasteiger partial charge in [0.25, 0.3) is 0 Å². The van der Waals surface area contributed by atoms with Gasteiger partial charge in [-0.3, -0.25) is 0 Å². The zero-order valence-corrected chi connectivity index (χ0v) is 14.7. The minimum absolute atomic E-state index is 0.488. The molecule has 0 aliphatic heterocycles. The quantitative estimate of drug-likeness (QED) is 0.602. The molecule has 0 atom stereocenters. The van der Waals surface area contributed by atoms with Crippen LogP contribution in [-0.2, 0) is 13.0 Å². The molecule has 0 unspecified atom stereocenters. The van der Waals surface area contributed by atoms with Crippen LogP contribution in [0.5, 0.6) is 0 Å². The number of nitrogen functional groups attached to an aromatic ring is 1. The van der Waals surface area contributed by atoms with E-state index in [-0.39, 0.29) is 0 Å². The number of nitrogens with one attached hydrogen (secondary N) is 2. The molecule has 0 aliphatic carbocycles. The lowest BCUT2D eigenvalue weighted by Crippen LogP contribution is -2.08. The molecule has 0 fully saturated rings. The third kappa shape index (κ3) is 4.19. The van der Waals surface area contributed by atoms with Gasteiger partial charge in [-0.15, -0.1) is 0 Å². The Morgan fingerprint density at radius 2 is 1.72 bits per heavy atom. The fraction of sp³-hybridized carbons (Fsp3) is 0.158. The lowest BCUT2D eigenvalue weighted by Gasteiger charge is -2.14. The fourth-order valence-corrected chi connectivity index (χ4v) is 2.63. The first-order chi connectivity index (χ1) is 12.2. The first kappa shape index (κ1) is 17.0. The van der Waals surface area contributed by atoms with Crippen LogP contribution in [-0.4, -0.2) is 9.97 Å². The summed E-state index contributed by atoms with van der Waals surface area (Å²) in [6.07, 6.45) is 2.42. The Morgan fingerprint density at radius 1 is 1.00 bits per heavy atom. The van der Waals surface area contributed by atoms with E-state index in [1.165, 1.54) is 11.9 Å². The van der Waals surface area contributed by atoms with Gasteiger partial charge in [0, 0.05) is 17.3 Å². The molecule has 5 nitrogen and oxygen atoms in total. The molecule has 1 heterocycles. The van der Waals surface area contributed by atoms with Gasteiger partial charge in [0.1, 0.15) is 12.0 Å². The van der Waals surface area contributed by atoms with E-state index in [9.17, 15) is 0 Å². The summed E-state index contributed by atoms with van der Waals surface area (Å²) in [6.45, 7) is 2.71. The van der Waals surface area contributed by atoms with Crippen LogP contribution < -0.4 is 16.4 Å². The molecule has 0 amide bonds. The molecule has 0 saturated carbocycles. The first-order valence-electron chi connectivity index (χ1n) is 8.11. The summed E-state index contributed by atoms with van der Waals surface area (Å²) in [6, 6.07) is 15.7. The lowest BCUT2D eigenvalue weighted by molar-refractivity contribution is 1.08. The number of nitrogens with zero attached hydrogens (tertiary/aromatic N) is 2. The summed E-state index contributed by atoms with van der Waals surface area (Å²) in [4.78, 5) is 8.51. The second-order valence-electron chi connectivity index (χ2n) is 5.60. The Labute approximate surface area is 152 Å². The molecule has 2 aromatic carbocycles. The molecule has 3 aromatic rings. The second-order valence-corrected chi connectivity index (χ2v) is 6.04. The molecule has 0 aliphatic rings. The molecule has 0 saturated heterocycles. The molecular formula is C19H20ClN5. The largest absolute Gasteiger partial charge is 0.393 e. The number of hydrogen-bond donors (Lipinski definition) is 3. The van der Waals surface area contributed by atoms with Gasteiger partial charge in [0.15, 0.2) is 11.6 Å². The number of aromatic nitrogens is 2. The maximum atomic E-state index is 6.24. The third-order valence-corrected chi connectivity index (χ3v) is 4.16. The zero-order valence-electron chi connectivity index (χ0n) is 14.0. The van der Waals surface area contributed by atoms with Crippen LogP contribution >= 0.6 is 11.6 Å². The Kier molecular flexibility index (Phi) is 5.36. The topological polar surface area (TPSA) is 75.9 Å². The summed E-state index contributed by atoms with van der Waals surface area (Å²) in [5.74, 6) is 1.19. The third-order valence-electron chi connectivity index (χ3n) is 3.91. The SMILES string of the molecule is CCc1ccccc1Nc1ncnc(NCc2ccc(Cl)cc2)c1N. The van der Waals surface area contributed by atoms with Crippen molar-refractivity contribution in [2.75, 3.05) is 16.4 Å². The number of nitrogens with two attached hydrogens (primary N) is 1. The van der Waals surface area contributed by atoms with Crippen molar-refractivity contribution in [1.82, 2.24) is 9.97 Å². The van der Waals surface area contributed by atoms with Crippen molar-refractivity contribution in [2.24, 2.45) is 0 Å². The Balaban J connectivity index is 1.76. The monoisotopic (exact) mass is 353 g/mol. The van der Waals surface area contributed by atoms with E-state index in [1.807, 2.05) is 42.5 Å². The molecule has 1 aromatic heterocycles. The standard InChI is InChI=1S/C19H20ClN5/c1-2-14-5-3-4-6-16(14)25-19-17(21)18(23-12-24-19)22-11-13-7-9-15(20)10-8-13/h3-10,12H,2,11,21H2,1H3,(H2,22,23,24,25). The molecule has 25 heavy (non-hydrogen) atoms. The fourth-order valence-electron chi connectivity index (χ4n) is 2.50. The molecule has 6 heteroatoms. The van der Waals surface area contributed by atoms with E-state index in [1.54, 1.807) is 0 Å². The summed E-state index contributed by atoms with van der Waals surface area (Å²) in [7, 11) is 0. The molecule has 0 radical (unpaired) electrons. The zero-order chi connectivity index (χ0) is 17.6. The molecule has 0 spiro atoms. The average Bonchev–Trinajstić information content (AvgIpc) is 2.64. The number of hydrogen-bond acceptors (Lipinski definition) is 5. The summed E-state index contributed by atoms with van der Waals surface area (Å²) in [5, 5.41) is 7.26. The van der Waals surface area contributed by atoms with Gasteiger partial charge in [0.2, 0.25) is 0 Å². The van der Waals surface area contributed by atoms with Crippen molar-refractivity contribution >= 4 is 34.6 Å². The van der Waals surface area contributed by atoms with Crippen LogP contribution in [0.2, 0.25) is 5.02 Å². The smallest absolute Gasteiger partial charge is 0.159 e. The van der Waals surface area contributed by atoms with Gasteiger partial charge < -0.3 is 16.4 Å². The van der Waals surface area contributed by atoms with Crippen LogP contribution in [0.3, 0.4) is 0 Å². The molecule has 128 valence electrons. The second kappa shape index (κ2) is 7.85. The van der Waals surface area contributed by atoms with Crippen LogP contribution in [0, 0.1) is 0 Å². The van der Waals surface area contributed by atoms with E-state index < -0.39 is 0 Å². The van der Waals surface area contributed by atoms with Crippen molar-refractivity contribution in [3.63, 3.8) is 0 Å². The molecular weight excluding hydrogens is 334 g/mol. The van der Waals surface area contributed by atoms with Crippen LogP contribution in [0.15, 0.2) is 54.9 Å². The number of anilines is 4. The Morgan fingerprint density at radius 3 is 2.48 bits per heavy atom. The highest BCUT2D eigenvalue weighted by Gasteiger charge is 2.09. The number of para-hydroxylation sites is 1. The Hall–Kier alpha value is -2.79. The molecule has 3 rings (SSSR count). The normalized spacial score (nSPS) is 10.5. The highest BCUT2D eigenvalue weighted by molar-refractivity contribution is 6.30. The minimum atomic E-state index is 0.488. The maximum absolute atomic E-state index is 6.24. The van der Waals surface area contributed by atoms with E-state index in [0.29, 0.717) is 28.9 Å². The van der Waals surface area contributed by atoms with Crippen molar-refractivity contribution in [3.8, 4) is 0 Å². The highest BCUT2D eigenvalue weighted by atomic mass is 35.5. The number of aryl methyl sites for hydroxylation is 1. The van der Waals surface area contributed by atoms with Gasteiger partial charge in [-0.2, -0.15) is 0 Å². The number of rotatable bonds is 6. The summed E-state index contributed by atoms with van der Waals surface area (Å²) in [5.41, 5.74) is 10.0. The van der Waals surface area contributed by atoms with Crippen molar-refractivity contribution in [2.45, 2.75) is 19.9 Å². The molecule has 4 N–H and O–H groups in total. The van der Waals surface area contributed by atoms with Crippen molar-refractivity contribution in [3.05, 3.63) is 71.0 Å². The lowest BCUT2D eigenvalue weighted by atomic mass is 10.1. The average molecular weight is 354 g/mol. The number of benzene rings is 2. The van der Waals surface area contributed by atoms with E-state index in [4.69, 9.17) is 17.3 Å². The maximum Gasteiger partial charge on any atom is 0.159 e. The van der Waals surface area contributed by atoms with E-state index in [0.717, 1.165) is 17.7 Å². The summed E-state index contributed by atoms with van der Waals surface area (Å²) >= 11 is 5.91. The van der Waals surface area contributed by atoms with E-state index >= 15 is 0 Å². The van der Waals surface area contributed by atoms with E-state index in [2.05, 4.69) is 33.6 Å². The van der Waals surface area contributed by atoms with Crippen LogP contribution in [0.4, 0.5) is 23.0 Å².